The molecule has 0 spiro atoms. The first-order chi connectivity index (χ1) is 16.6. The number of piperazine rings is 1. The summed E-state index contributed by atoms with van der Waals surface area (Å²) in [7, 11) is 1.88. The van der Waals surface area contributed by atoms with E-state index in [0.29, 0.717) is 12.1 Å². The molecule has 0 atom stereocenters. The Bertz CT molecular complexity index is 1400. The van der Waals surface area contributed by atoms with Crippen molar-refractivity contribution in [2.45, 2.75) is 13.5 Å². The van der Waals surface area contributed by atoms with Crippen molar-refractivity contribution in [1.82, 2.24) is 24.6 Å². The third-order valence-electron chi connectivity index (χ3n) is 6.38. The predicted octanol–water partition coefficient (Wildman–Crippen LogP) is 2.29. The number of amides is 1. The summed E-state index contributed by atoms with van der Waals surface area (Å²) in [5.41, 5.74) is 6.03. The lowest BCUT2D eigenvalue weighted by Gasteiger charge is -2.37. The van der Waals surface area contributed by atoms with Crippen molar-refractivity contribution in [3.63, 3.8) is 0 Å². The molecule has 3 aromatic heterocycles. The third-order valence-corrected chi connectivity index (χ3v) is 6.38. The van der Waals surface area contributed by atoms with Crippen LogP contribution >= 0.6 is 0 Å². The molecule has 0 aliphatic carbocycles. The zero-order valence-corrected chi connectivity index (χ0v) is 19.5. The first-order valence-electron chi connectivity index (χ1n) is 11.6. The van der Waals surface area contributed by atoms with Crippen LogP contribution in [0.1, 0.15) is 22.8 Å². The van der Waals surface area contributed by atoms with Crippen molar-refractivity contribution in [3.8, 4) is 0 Å². The summed E-state index contributed by atoms with van der Waals surface area (Å²) in [5, 5.41) is 6.09. The summed E-state index contributed by atoms with van der Waals surface area (Å²) in [6.45, 7) is 6.90. The molecule has 1 amide bonds. The van der Waals surface area contributed by atoms with Crippen LogP contribution in [0.15, 0.2) is 53.6 Å². The van der Waals surface area contributed by atoms with Crippen molar-refractivity contribution in [2.24, 2.45) is 0 Å². The van der Waals surface area contributed by atoms with E-state index in [1.165, 1.54) is 0 Å². The monoisotopic (exact) mass is 459 g/mol. The quantitative estimate of drug-likeness (QED) is 0.409. The van der Waals surface area contributed by atoms with Crippen LogP contribution in [0.25, 0.3) is 16.6 Å². The highest BCUT2D eigenvalue weighted by atomic mass is 16.2. The van der Waals surface area contributed by atoms with Gasteiger partial charge in [0, 0.05) is 64.3 Å². The van der Waals surface area contributed by atoms with Gasteiger partial charge in [0.05, 0.1) is 22.4 Å². The number of benzene rings is 1. The molecule has 0 radical (unpaired) electrons. The number of carbonyl (C=O) groups excluding carboxylic acids is 1. The number of pyridine rings is 1. The average molecular weight is 460 g/mol. The molecular weight excluding hydrogens is 430 g/mol. The largest absolute Gasteiger partial charge is 0.386 e. The van der Waals surface area contributed by atoms with Gasteiger partial charge in [-0.15, -0.1) is 0 Å². The highest BCUT2D eigenvalue weighted by Crippen LogP contribution is 2.28. The van der Waals surface area contributed by atoms with E-state index < -0.39 is 0 Å². The zero-order valence-electron chi connectivity index (χ0n) is 19.5. The number of aromatic amines is 1. The standard InChI is InChI=1S/C25H29N7O2/c1-3-27-24(33)18-6-7-21(19(14-18)26-2)31-11-9-30(10-12-31)16-17-13-20-23(28-15-17)22-5-4-8-32(22)25(34)29-20/h4-8,13-15,26H,3,9-12,16H2,1-2H3,(H,27,33)(H,29,34). The Hall–Kier alpha value is -3.85. The summed E-state index contributed by atoms with van der Waals surface area (Å²) in [6.07, 6.45) is 3.65. The Morgan fingerprint density at radius 3 is 2.74 bits per heavy atom. The van der Waals surface area contributed by atoms with E-state index in [-0.39, 0.29) is 11.6 Å². The second kappa shape index (κ2) is 9.18. The molecule has 1 fully saturated rings. The fraction of sp³-hybridized carbons (Fsp3) is 0.320. The molecule has 4 heterocycles. The van der Waals surface area contributed by atoms with Gasteiger partial charge in [0.15, 0.2) is 0 Å². The summed E-state index contributed by atoms with van der Waals surface area (Å²) in [6, 6.07) is 11.6. The normalized spacial score (nSPS) is 14.6. The van der Waals surface area contributed by atoms with E-state index >= 15 is 0 Å². The highest BCUT2D eigenvalue weighted by Gasteiger charge is 2.20. The van der Waals surface area contributed by atoms with E-state index in [1.54, 1.807) is 10.6 Å². The Labute approximate surface area is 197 Å². The number of rotatable bonds is 6. The number of H-pyrrole nitrogens is 1. The number of anilines is 2. The minimum Gasteiger partial charge on any atom is -0.386 e. The van der Waals surface area contributed by atoms with Gasteiger partial charge >= 0.3 is 5.69 Å². The Balaban J connectivity index is 1.27. The molecule has 3 N–H and O–H groups in total. The molecule has 9 nitrogen and oxygen atoms in total. The highest BCUT2D eigenvalue weighted by molar-refractivity contribution is 5.96. The average Bonchev–Trinajstić information content (AvgIpc) is 3.35. The van der Waals surface area contributed by atoms with E-state index in [2.05, 4.69) is 30.4 Å². The van der Waals surface area contributed by atoms with Gasteiger partial charge < -0.3 is 20.5 Å². The summed E-state index contributed by atoms with van der Waals surface area (Å²) < 4.78 is 1.58. The van der Waals surface area contributed by atoms with Crippen LogP contribution in [-0.2, 0) is 6.54 Å². The summed E-state index contributed by atoms with van der Waals surface area (Å²) >= 11 is 0. The van der Waals surface area contributed by atoms with Crippen LogP contribution < -0.4 is 21.2 Å². The van der Waals surface area contributed by atoms with Crippen molar-refractivity contribution in [3.05, 3.63) is 70.4 Å². The van der Waals surface area contributed by atoms with Gasteiger partial charge in [0.2, 0.25) is 0 Å². The number of nitrogens with one attached hydrogen (secondary N) is 3. The lowest BCUT2D eigenvalue weighted by atomic mass is 10.1. The number of carbonyl (C=O) groups is 1. The van der Waals surface area contributed by atoms with Crippen LogP contribution in [0.4, 0.5) is 11.4 Å². The van der Waals surface area contributed by atoms with E-state index in [0.717, 1.165) is 66.2 Å². The van der Waals surface area contributed by atoms with Gasteiger partial charge in [-0.25, -0.2) is 4.79 Å². The number of hydrogen-bond donors (Lipinski definition) is 3. The topological polar surface area (TPSA) is 97.8 Å². The maximum atomic E-state index is 12.3. The number of hydrogen-bond acceptors (Lipinski definition) is 6. The predicted molar refractivity (Wildman–Crippen MR) is 135 cm³/mol. The first kappa shape index (κ1) is 22.0. The summed E-state index contributed by atoms with van der Waals surface area (Å²) in [4.78, 5) is 36.8. The van der Waals surface area contributed by atoms with Crippen molar-refractivity contribution in [2.75, 3.05) is 50.0 Å². The fourth-order valence-corrected chi connectivity index (χ4v) is 4.64. The number of fused-ring (bicyclic) bond motifs is 3. The molecule has 1 aliphatic rings. The van der Waals surface area contributed by atoms with Crippen LogP contribution in [0.5, 0.6) is 0 Å². The number of nitrogens with zero attached hydrogens (tertiary/aromatic N) is 4. The summed E-state index contributed by atoms with van der Waals surface area (Å²) in [5.74, 6) is -0.0570. The minimum atomic E-state index is -0.154. The van der Waals surface area contributed by atoms with Crippen LogP contribution in [-0.4, -0.2) is 64.9 Å². The molecule has 1 saturated heterocycles. The Morgan fingerprint density at radius 1 is 1.15 bits per heavy atom. The molecule has 176 valence electrons. The van der Waals surface area contributed by atoms with Gasteiger partial charge in [-0.05, 0) is 48.9 Å². The van der Waals surface area contributed by atoms with Gasteiger partial charge in [-0.3, -0.25) is 19.1 Å². The van der Waals surface area contributed by atoms with Gasteiger partial charge in [-0.2, -0.15) is 0 Å². The second-order valence-electron chi connectivity index (χ2n) is 8.54. The van der Waals surface area contributed by atoms with Crippen LogP contribution in [0.2, 0.25) is 0 Å². The SMILES string of the molecule is CCNC(=O)c1ccc(N2CCN(Cc3cnc4c(c3)[nH]c(=O)n3cccc43)CC2)c(NC)c1. The molecule has 0 saturated carbocycles. The van der Waals surface area contributed by atoms with Crippen LogP contribution in [0.3, 0.4) is 0 Å². The Morgan fingerprint density at radius 2 is 1.97 bits per heavy atom. The molecule has 9 heteroatoms. The maximum absolute atomic E-state index is 12.3. The van der Waals surface area contributed by atoms with Crippen molar-refractivity contribution in [1.29, 1.82) is 0 Å². The Kier molecular flexibility index (Phi) is 5.93. The smallest absolute Gasteiger partial charge is 0.330 e. The third kappa shape index (κ3) is 4.10. The van der Waals surface area contributed by atoms with E-state index in [1.807, 2.05) is 56.6 Å². The maximum Gasteiger partial charge on any atom is 0.330 e. The molecule has 0 bridgehead atoms. The molecular formula is C25H29N7O2. The van der Waals surface area contributed by atoms with Gasteiger partial charge in [0.25, 0.3) is 5.91 Å². The molecule has 4 aromatic rings. The van der Waals surface area contributed by atoms with Gasteiger partial charge in [-0.1, -0.05) is 0 Å². The minimum absolute atomic E-state index is 0.0570. The van der Waals surface area contributed by atoms with Gasteiger partial charge in [0.1, 0.15) is 5.52 Å². The fourth-order valence-electron chi connectivity index (χ4n) is 4.64. The van der Waals surface area contributed by atoms with E-state index in [4.69, 9.17) is 0 Å². The lowest BCUT2D eigenvalue weighted by molar-refractivity contribution is 0.0956. The molecule has 5 rings (SSSR count). The molecule has 1 aliphatic heterocycles. The van der Waals surface area contributed by atoms with Crippen molar-refractivity contribution >= 4 is 33.8 Å². The zero-order chi connectivity index (χ0) is 23.7. The first-order valence-corrected chi connectivity index (χ1v) is 11.6. The number of aromatic nitrogens is 3. The second-order valence-corrected chi connectivity index (χ2v) is 8.54. The van der Waals surface area contributed by atoms with Crippen molar-refractivity contribution < 1.29 is 4.79 Å². The van der Waals surface area contributed by atoms with Crippen LogP contribution in [0, 0.1) is 0 Å². The molecule has 1 aromatic carbocycles. The lowest BCUT2D eigenvalue weighted by Crippen LogP contribution is -2.46. The molecule has 34 heavy (non-hydrogen) atoms. The van der Waals surface area contributed by atoms with E-state index in [9.17, 15) is 9.59 Å². The molecule has 0 unspecified atom stereocenters.